The van der Waals surface area contributed by atoms with E-state index in [1.165, 1.54) is 12.6 Å². The van der Waals surface area contributed by atoms with Gasteiger partial charge in [-0.1, -0.05) is 6.92 Å². The van der Waals surface area contributed by atoms with Gasteiger partial charge in [-0.05, 0) is 25.7 Å². The number of hydrogen-bond donors (Lipinski definition) is 1. The summed E-state index contributed by atoms with van der Waals surface area (Å²) < 4.78 is 19.5. The first kappa shape index (κ1) is 15.0. The molecular formula is C14H23FN4O. The standard InChI is InChI=1S/C14H23FN4O/c1-3-7-16-14-17-9-12(15)13(18-14)19(2)10-11-6-4-5-8-20-11/h9,11H,3-8,10H2,1-2H3,(H,16,17,18). The Balaban J connectivity index is 2.01. The summed E-state index contributed by atoms with van der Waals surface area (Å²) in [5, 5.41) is 3.07. The SMILES string of the molecule is CCCNc1ncc(F)c(N(C)CC2CCCCO2)n1. The fraction of sp³-hybridized carbons (Fsp3) is 0.714. The minimum Gasteiger partial charge on any atom is -0.376 e. The number of ether oxygens (including phenoxy) is 1. The van der Waals surface area contributed by atoms with Gasteiger partial charge in [-0.2, -0.15) is 4.98 Å². The summed E-state index contributed by atoms with van der Waals surface area (Å²) in [7, 11) is 1.84. The molecule has 1 N–H and O–H groups in total. The Bertz CT molecular complexity index is 424. The highest BCUT2D eigenvalue weighted by atomic mass is 19.1. The number of hydrogen-bond acceptors (Lipinski definition) is 5. The van der Waals surface area contributed by atoms with Crippen LogP contribution in [0.25, 0.3) is 0 Å². The van der Waals surface area contributed by atoms with Crippen molar-refractivity contribution < 1.29 is 9.13 Å². The molecule has 112 valence electrons. The van der Waals surface area contributed by atoms with E-state index >= 15 is 0 Å². The maximum absolute atomic E-state index is 13.9. The van der Waals surface area contributed by atoms with Gasteiger partial charge in [-0.25, -0.2) is 9.37 Å². The first-order valence-corrected chi connectivity index (χ1v) is 7.30. The van der Waals surface area contributed by atoms with Crippen molar-refractivity contribution in [2.24, 2.45) is 0 Å². The molecule has 1 aliphatic heterocycles. The summed E-state index contributed by atoms with van der Waals surface area (Å²) in [6.07, 6.45) is 5.68. The summed E-state index contributed by atoms with van der Waals surface area (Å²) in [6.45, 7) is 4.29. The number of nitrogens with one attached hydrogen (secondary N) is 1. The van der Waals surface area contributed by atoms with E-state index in [2.05, 4.69) is 22.2 Å². The molecule has 6 heteroatoms. The zero-order valence-electron chi connectivity index (χ0n) is 12.2. The third-order valence-corrected chi connectivity index (χ3v) is 3.37. The third kappa shape index (κ3) is 4.03. The molecule has 0 radical (unpaired) electrons. The van der Waals surface area contributed by atoms with Crippen LogP contribution < -0.4 is 10.2 Å². The van der Waals surface area contributed by atoms with E-state index in [1.54, 1.807) is 0 Å². The van der Waals surface area contributed by atoms with Crippen LogP contribution in [-0.2, 0) is 4.74 Å². The van der Waals surface area contributed by atoms with Gasteiger partial charge in [0.2, 0.25) is 5.95 Å². The number of rotatable bonds is 6. The lowest BCUT2D eigenvalue weighted by Crippen LogP contribution is -2.34. The van der Waals surface area contributed by atoms with Crippen LogP contribution >= 0.6 is 0 Å². The first-order chi connectivity index (χ1) is 9.70. The van der Waals surface area contributed by atoms with E-state index in [4.69, 9.17) is 4.74 Å². The monoisotopic (exact) mass is 282 g/mol. The molecule has 20 heavy (non-hydrogen) atoms. The van der Waals surface area contributed by atoms with E-state index in [0.29, 0.717) is 18.3 Å². The smallest absolute Gasteiger partial charge is 0.224 e. The van der Waals surface area contributed by atoms with Crippen molar-refractivity contribution >= 4 is 11.8 Å². The molecule has 0 aromatic carbocycles. The number of halogens is 1. The van der Waals surface area contributed by atoms with E-state index in [0.717, 1.165) is 32.4 Å². The van der Waals surface area contributed by atoms with Gasteiger partial charge in [-0.15, -0.1) is 0 Å². The Kier molecular flexibility index (Phi) is 5.52. The van der Waals surface area contributed by atoms with Crippen LogP contribution in [0, 0.1) is 5.82 Å². The van der Waals surface area contributed by atoms with Gasteiger partial charge >= 0.3 is 0 Å². The average molecular weight is 282 g/mol. The summed E-state index contributed by atoms with van der Waals surface area (Å²) in [5.41, 5.74) is 0. The molecule has 0 amide bonds. The van der Waals surface area contributed by atoms with Crippen LogP contribution in [0.15, 0.2) is 6.20 Å². The molecule has 1 aromatic rings. The van der Waals surface area contributed by atoms with Gasteiger partial charge in [0.1, 0.15) is 0 Å². The van der Waals surface area contributed by atoms with Crippen molar-refractivity contribution in [2.45, 2.75) is 38.7 Å². The van der Waals surface area contributed by atoms with E-state index in [9.17, 15) is 4.39 Å². The predicted molar refractivity (Wildman–Crippen MR) is 77.6 cm³/mol. The van der Waals surface area contributed by atoms with Crippen LogP contribution in [0.3, 0.4) is 0 Å². The van der Waals surface area contributed by atoms with Crippen molar-refractivity contribution in [3.05, 3.63) is 12.0 Å². The summed E-state index contributed by atoms with van der Waals surface area (Å²) in [4.78, 5) is 10.0. The van der Waals surface area contributed by atoms with Gasteiger partial charge in [0, 0.05) is 26.7 Å². The maximum Gasteiger partial charge on any atom is 0.224 e. The Labute approximate surface area is 119 Å². The second kappa shape index (κ2) is 7.38. The van der Waals surface area contributed by atoms with Crippen molar-refractivity contribution in [3.8, 4) is 0 Å². The lowest BCUT2D eigenvalue weighted by atomic mass is 10.1. The largest absolute Gasteiger partial charge is 0.376 e. The van der Waals surface area contributed by atoms with Crippen molar-refractivity contribution in [1.82, 2.24) is 9.97 Å². The van der Waals surface area contributed by atoms with Crippen LogP contribution in [-0.4, -0.2) is 42.8 Å². The summed E-state index contributed by atoms with van der Waals surface area (Å²) in [5.74, 6) is 0.401. The van der Waals surface area contributed by atoms with E-state index in [-0.39, 0.29) is 6.10 Å². The minimum absolute atomic E-state index is 0.162. The Hall–Kier alpha value is -1.43. The third-order valence-electron chi connectivity index (χ3n) is 3.37. The zero-order valence-corrected chi connectivity index (χ0v) is 12.2. The van der Waals surface area contributed by atoms with Gasteiger partial charge < -0.3 is 15.0 Å². The Morgan fingerprint density at radius 3 is 3.05 bits per heavy atom. The highest BCUT2D eigenvalue weighted by Crippen LogP contribution is 2.19. The van der Waals surface area contributed by atoms with Gasteiger partial charge in [0.15, 0.2) is 11.6 Å². The normalized spacial score (nSPS) is 18.9. The van der Waals surface area contributed by atoms with E-state index < -0.39 is 5.82 Å². The molecule has 2 heterocycles. The Morgan fingerprint density at radius 1 is 1.50 bits per heavy atom. The second-order valence-corrected chi connectivity index (χ2v) is 5.16. The van der Waals surface area contributed by atoms with E-state index in [1.807, 2.05) is 11.9 Å². The lowest BCUT2D eigenvalue weighted by molar-refractivity contribution is 0.0215. The highest BCUT2D eigenvalue weighted by Gasteiger charge is 2.19. The van der Waals surface area contributed by atoms with Crippen LogP contribution in [0.2, 0.25) is 0 Å². The quantitative estimate of drug-likeness (QED) is 0.868. The molecule has 1 aromatic heterocycles. The summed E-state index contributed by atoms with van der Waals surface area (Å²) in [6, 6.07) is 0. The molecule has 2 rings (SSSR count). The average Bonchev–Trinajstić information content (AvgIpc) is 2.47. The molecular weight excluding hydrogens is 259 g/mol. The Morgan fingerprint density at radius 2 is 2.35 bits per heavy atom. The molecule has 1 unspecified atom stereocenters. The highest BCUT2D eigenvalue weighted by molar-refractivity contribution is 5.43. The molecule has 5 nitrogen and oxygen atoms in total. The number of likely N-dealkylation sites (N-methyl/N-ethyl adjacent to an activating group) is 1. The molecule has 1 aliphatic rings. The first-order valence-electron chi connectivity index (χ1n) is 7.30. The molecule has 1 fully saturated rings. The molecule has 0 aliphatic carbocycles. The van der Waals surface area contributed by atoms with Crippen molar-refractivity contribution in [2.75, 3.05) is 37.0 Å². The van der Waals surface area contributed by atoms with Crippen LogP contribution in [0.5, 0.6) is 0 Å². The molecule has 1 atom stereocenters. The predicted octanol–water partition coefficient (Wildman–Crippen LogP) is 2.44. The fourth-order valence-corrected chi connectivity index (χ4v) is 2.29. The van der Waals surface area contributed by atoms with Crippen molar-refractivity contribution in [3.63, 3.8) is 0 Å². The molecule has 1 saturated heterocycles. The summed E-state index contributed by atoms with van der Waals surface area (Å²) >= 11 is 0. The number of aromatic nitrogens is 2. The number of anilines is 2. The second-order valence-electron chi connectivity index (χ2n) is 5.16. The van der Waals surface area contributed by atoms with Crippen LogP contribution in [0.1, 0.15) is 32.6 Å². The van der Waals surface area contributed by atoms with Gasteiger partial charge in [0.25, 0.3) is 0 Å². The molecule has 0 bridgehead atoms. The zero-order chi connectivity index (χ0) is 14.4. The van der Waals surface area contributed by atoms with Crippen molar-refractivity contribution in [1.29, 1.82) is 0 Å². The van der Waals surface area contributed by atoms with Gasteiger partial charge in [-0.3, -0.25) is 0 Å². The maximum atomic E-state index is 13.9. The number of nitrogens with zero attached hydrogens (tertiary/aromatic N) is 3. The van der Waals surface area contributed by atoms with Crippen LogP contribution in [0.4, 0.5) is 16.2 Å². The molecule has 0 saturated carbocycles. The fourth-order valence-electron chi connectivity index (χ4n) is 2.29. The minimum atomic E-state index is -0.398. The molecule has 0 spiro atoms. The lowest BCUT2D eigenvalue weighted by Gasteiger charge is -2.28. The topological polar surface area (TPSA) is 50.3 Å². The van der Waals surface area contributed by atoms with Gasteiger partial charge in [0.05, 0.1) is 12.3 Å².